The quantitative estimate of drug-likeness (QED) is 0.610. The molecule has 0 aliphatic heterocycles. The highest BCUT2D eigenvalue weighted by molar-refractivity contribution is 5.35. The summed E-state index contributed by atoms with van der Waals surface area (Å²) in [7, 11) is 0. The summed E-state index contributed by atoms with van der Waals surface area (Å²) < 4.78 is 13.7. The Morgan fingerprint density at radius 1 is 1.48 bits per heavy atom. The molecular weight excluding hydrogens is 271 g/mol. The highest BCUT2D eigenvalue weighted by Crippen LogP contribution is 2.42. The third-order valence-corrected chi connectivity index (χ3v) is 4.63. The lowest BCUT2D eigenvalue weighted by Crippen LogP contribution is -2.28. The van der Waals surface area contributed by atoms with E-state index in [1.54, 1.807) is 6.07 Å². The van der Waals surface area contributed by atoms with E-state index in [1.165, 1.54) is 12.1 Å². The maximum Gasteiger partial charge on any atom is 0.304 e. The van der Waals surface area contributed by atoms with Crippen molar-refractivity contribution in [3.05, 3.63) is 39.7 Å². The summed E-state index contributed by atoms with van der Waals surface area (Å²) in [5.74, 6) is -0.145. The zero-order valence-electron chi connectivity index (χ0n) is 12.1. The molecule has 1 saturated carbocycles. The van der Waals surface area contributed by atoms with Gasteiger partial charge in [-0.15, -0.1) is 0 Å². The number of nitriles is 1. The second-order valence-electron chi connectivity index (χ2n) is 5.96. The number of nitro benzene ring substituents is 1. The molecule has 5 heteroatoms. The van der Waals surface area contributed by atoms with E-state index in [0.717, 1.165) is 32.1 Å². The summed E-state index contributed by atoms with van der Waals surface area (Å²) in [6.07, 6.45) is 5.29. The van der Waals surface area contributed by atoms with E-state index in [4.69, 9.17) is 0 Å². The van der Waals surface area contributed by atoms with Crippen molar-refractivity contribution in [3.63, 3.8) is 0 Å². The molecule has 1 aromatic rings. The molecule has 1 aromatic carbocycles. The molecule has 0 spiro atoms. The van der Waals surface area contributed by atoms with E-state index < -0.39 is 21.8 Å². The first-order valence-electron chi connectivity index (χ1n) is 7.34. The molecule has 2 rings (SSSR count). The van der Waals surface area contributed by atoms with Gasteiger partial charge < -0.3 is 0 Å². The maximum absolute atomic E-state index is 13.7. The van der Waals surface area contributed by atoms with Crippen LogP contribution in [-0.2, 0) is 6.42 Å². The summed E-state index contributed by atoms with van der Waals surface area (Å²) in [4.78, 5) is 9.89. The van der Waals surface area contributed by atoms with Gasteiger partial charge in [0.15, 0.2) is 0 Å². The summed E-state index contributed by atoms with van der Waals surface area (Å²) in [6.45, 7) is 2.16. The molecule has 0 atom stereocenters. The molecule has 1 aliphatic rings. The van der Waals surface area contributed by atoms with E-state index >= 15 is 0 Å². The normalized spacial score (nSPS) is 25.3. The fourth-order valence-electron chi connectivity index (χ4n) is 3.17. The van der Waals surface area contributed by atoms with Gasteiger partial charge >= 0.3 is 5.69 Å². The van der Waals surface area contributed by atoms with E-state index in [0.29, 0.717) is 17.9 Å². The first-order valence-corrected chi connectivity index (χ1v) is 7.34. The average molecular weight is 290 g/mol. The monoisotopic (exact) mass is 290 g/mol. The highest BCUT2D eigenvalue weighted by Gasteiger charge is 2.35. The van der Waals surface area contributed by atoms with E-state index in [2.05, 4.69) is 13.0 Å². The van der Waals surface area contributed by atoms with Crippen LogP contribution in [0.1, 0.15) is 44.6 Å². The van der Waals surface area contributed by atoms with Crippen LogP contribution in [0.2, 0.25) is 0 Å². The van der Waals surface area contributed by atoms with Crippen molar-refractivity contribution in [3.8, 4) is 6.07 Å². The van der Waals surface area contributed by atoms with Gasteiger partial charge in [0, 0.05) is 6.07 Å². The van der Waals surface area contributed by atoms with Crippen LogP contribution in [0.15, 0.2) is 18.2 Å². The SMILES string of the molecule is CCC1CCC(C#N)(Cc2ccc([N+](=O)[O-])c(F)c2)CC1. The van der Waals surface area contributed by atoms with Crippen LogP contribution in [0, 0.1) is 38.6 Å². The second kappa shape index (κ2) is 6.21. The molecule has 0 amide bonds. The van der Waals surface area contributed by atoms with Gasteiger partial charge in [0.25, 0.3) is 0 Å². The smallest absolute Gasteiger partial charge is 0.258 e. The Balaban J connectivity index is 2.15. The molecule has 0 heterocycles. The summed E-state index contributed by atoms with van der Waals surface area (Å²) in [6, 6.07) is 6.36. The lowest BCUT2D eigenvalue weighted by atomic mass is 9.68. The van der Waals surface area contributed by atoms with Crippen molar-refractivity contribution in [2.75, 3.05) is 0 Å². The second-order valence-corrected chi connectivity index (χ2v) is 5.96. The van der Waals surface area contributed by atoms with Crippen molar-refractivity contribution in [1.29, 1.82) is 5.26 Å². The van der Waals surface area contributed by atoms with Crippen LogP contribution in [0.3, 0.4) is 0 Å². The predicted octanol–water partition coefficient (Wildman–Crippen LogP) is 4.39. The maximum atomic E-state index is 13.7. The minimum atomic E-state index is -0.826. The number of rotatable bonds is 4. The Hall–Kier alpha value is -1.96. The Bertz CT molecular complexity index is 572. The molecule has 112 valence electrons. The zero-order chi connectivity index (χ0) is 15.5. The number of hydrogen-bond donors (Lipinski definition) is 0. The predicted molar refractivity (Wildman–Crippen MR) is 77.1 cm³/mol. The lowest BCUT2D eigenvalue weighted by Gasteiger charge is -2.34. The number of hydrogen-bond acceptors (Lipinski definition) is 3. The molecule has 0 aromatic heterocycles. The van der Waals surface area contributed by atoms with Gasteiger partial charge in [0.05, 0.1) is 16.4 Å². The molecule has 4 nitrogen and oxygen atoms in total. The summed E-state index contributed by atoms with van der Waals surface area (Å²) in [5, 5.41) is 20.1. The van der Waals surface area contributed by atoms with Crippen LogP contribution in [0.25, 0.3) is 0 Å². The summed E-state index contributed by atoms with van der Waals surface area (Å²) >= 11 is 0. The van der Waals surface area contributed by atoms with Gasteiger partial charge in [-0.25, -0.2) is 0 Å². The molecule has 1 aliphatic carbocycles. The van der Waals surface area contributed by atoms with Gasteiger partial charge in [0.2, 0.25) is 5.82 Å². The van der Waals surface area contributed by atoms with Crippen LogP contribution in [-0.4, -0.2) is 4.92 Å². The number of nitrogens with zero attached hydrogens (tertiary/aromatic N) is 2. The molecule has 21 heavy (non-hydrogen) atoms. The molecule has 0 saturated heterocycles. The fourth-order valence-corrected chi connectivity index (χ4v) is 3.17. The van der Waals surface area contributed by atoms with Crippen LogP contribution >= 0.6 is 0 Å². The van der Waals surface area contributed by atoms with E-state index in [9.17, 15) is 19.8 Å². The Labute approximate surface area is 123 Å². The standard InChI is InChI=1S/C16H19FN2O2/c1-2-12-5-7-16(11-18,8-6-12)10-13-3-4-15(19(20)21)14(17)9-13/h3-4,9,12H,2,5-8,10H2,1H3. The lowest BCUT2D eigenvalue weighted by molar-refractivity contribution is -0.387. The third kappa shape index (κ3) is 3.38. The van der Waals surface area contributed by atoms with Gasteiger partial charge in [-0.3, -0.25) is 10.1 Å². The van der Waals surface area contributed by atoms with Gasteiger partial charge in [-0.05, 0) is 49.7 Å². The van der Waals surface area contributed by atoms with Crippen LogP contribution < -0.4 is 0 Å². The summed E-state index contributed by atoms with van der Waals surface area (Å²) in [5.41, 5.74) is -0.303. The number of halogens is 1. The highest BCUT2D eigenvalue weighted by atomic mass is 19.1. The largest absolute Gasteiger partial charge is 0.304 e. The molecule has 0 radical (unpaired) electrons. The Kier molecular flexibility index (Phi) is 4.56. The van der Waals surface area contributed by atoms with E-state index in [1.807, 2.05) is 0 Å². The Morgan fingerprint density at radius 3 is 2.62 bits per heavy atom. The first-order chi connectivity index (χ1) is 9.99. The third-order valence-electron chi connectivity index (χ3n) is 4.63. The van der Waals surface area contributed by atoms with Crippen LogP contribution in [0.5, 0.6) is 0 Å². The minimum absolute atomic E-state index is 0.450. The first kappa shape index (κ1) is 15.4. The topological polar surface area (TPSA) is 66.9 Å². The van der Waals surface area contributed by atoms with Gasteiger partial charge in [-0.1, -0.05) is 19.4 Å². The molecule has 0 N–H and O–H groups in total. The van der Waals surface area contributed by atoms with E-state index in [-0.39, 0.29) is 0 Å². The molecule has 0 bridgehead atoms. The molecule has 0 unspecified atom stereocenters. The van der Waals surface area contributed by atoms with Crippen molar-refractivity contribution in [1.82, 2.24) is 0 Å². The average Bonchev–Trinajstić information content (AvgIpc) is 2.47. The number of nitro groups is 1. The van der Waals surface area contributed by atoms with Crippen molar-refractivity contribution in [2.24, 2.45) is 11.3 Å². The Morgan fingerprint density at radius 2 is 2.14 bits per heavy atom. The van der Waals surface area contributed by atoms with Gasteiger partial charge in [0.1, 0.15) is 0 Å². The number of benzene rings is 1. The molecular formula is C16H19FN2O2. The zero-order valence-corrected chi connectivity index (χ0v) is 12.1. The van der Waals surface area contributed by atoms with Crippen molar-refractivity contribution in [2.45, 2.75) is 45.4 Å². The van der Waals surface area contributed by atoms with Crippen LogP contribution in [0.4, 0.5) is 10.1 Å². The van der Waals surface area contributed by atoms with Crippen molar-refractivity contribution < 1.29 is 9.31 Å². The minimum Gasteiger partial charge on any atom is -0.258 e. The molecule has 1 fully saturated rings. The van der Waals surface area contributed by atoms with Crippen molar-refractivity contribution >= 4 is 5.69 Å². The van der Waals surface area contributed by atoms with Gasteiger partial charge in [-0.2, -0.15) is 9.65 Å². The fraction of sp³-hybridized carbons (Fsp3) is 0.562.